The molecule has 0 radical (unpaired) electrons. The minimum atomic E-state index is -0.0454. The lowest BCUT2D eigenvalue weighted by Crippen LogP contribution is -2.39. The third kappa shape index (κ3) is 2.44. The molecule has 2 aliphatic rings. The monoisotopic (exact) mass is 354 g/mol. The van der Waals surface area contributed by atoms with Crippen molar-refractivity contribution in [3.63, 3.8) is 0 Å². The van der Waals surface area contributed by atoms with Crippen LogP contribution in [0.5, 0.6) is 0 Å². The molecule has 0 amide bonds. The lowest BCUT2D eigenvalue weighted by Gasteiger charge is -2.34. The van der Waals surface area contributed by atoms with Gasteiger partial charge in [0.15, 0.2) is 0 Å². The smallest absolute Gasteiger partial charge is 0.109 e. The zero-order valence-electron chi connectivity index (χ0n) is 14.3. The van der Waals surface area contributed by atoms with Crippen molar-refractivity contribution in [2.75, 3.05) is 22.9 Å². The number of hydrogen-bond acceptors (Lipinski definition) is 4. The average Bonchev–Trinajstić information content (AvgIpc) is 3.07. The quantitative estimate of drug-likeness (QED) is 0.686. The number of hydrogen-bond donors (Lipinski definition) is 0. The first-order valence-electron chi connectivity index (χ1n) is 8.49. The summed E-state index contributed by atoms with van der Waals surface area (Å²) in [4.78, 5) is 7.64. The summed E-state index contributed by atoms with van der Waals surface area (Å²) in [6, 6.07) is 17.5. The maximum absolute atomic E-state index is 2.51. The predicted octanol–water partition coefficient (Wildman–Crippen LogP) is 5.81. The van der Waals surface area contributed by atoms with Crippen LogP contribution in [0.1, 0.15) is 20.8 Å². The van der Waals surface area contributed by atoms with E-state index in [9.17, 15) is 0 Å². The van der Waals surface area contributed by atoms with Gasteiger partial charge >= 0.3 is 0 Å². The highest BCUT2D eigenvalue weighted by molar-refractivity contribution is 8.04. The first-order chi connectivity index (χ1) is 11.7. The van der Waals surface area contributed by atoms with Crippen LogP contribution in [0.15, 0.2) is 69.4 Å². The highest BCUT2D eigenvalue weighted by atomic mass is 32.2. The van der Waals surface area contributed by atoms with Crippen molar-refractivity contribution in [3.8, 4) is 0 Å². The largest absolute Gasteiger partial charge is 0.353 e. The average molecular weight is 355 g/mol. The molecule has 0 bridgehead atoms. The van der Waals surface area contributed by atoms with Gasteiger partial charge < -0.3 is 9.80 Å². The Labute approximate surface area is 152 Å². The topological polar surface area (TPSA) is 6.48 Å². The number of nitrogens with zero attached hydrogens (tertiary/aromatic N) is 2. The van der Waals surface area contributed by atoms with Crippen LogP contribution in [-0.4, -0.2) is 18.0 Å². The minimum Gasteiger partial charge on any atom is -0.353 e. The van der Waals surface area contributed by atoms with E-state index in [1.165, 1.54) is 26.2 Å². The summed E-state index contributed by atoms with van der Waals surface area (Å²) in [6.45, 7) is 8.82. The van der Waals surface area contributed by atoms with Crippen molar-refractivity contribution in [1.29, 1.82) is 0 Å². The minimum absolute atomic E-state index is 0.0454. The molecule has 0 saturated carbocycles. The highest BCUT2D eigenvalue weighted by Gasteiger charge is 2.40. The second-order valence-electron chi connectivity index (χ2n) is 6.17. The number of thioether (sulfide) groups is 2. The van der Waals surface area contributed by atoms with Gasteiger partial charge in [-0.2, -0.15) is 0 Å². The van der Waals surface area contributed by atoms with E-state index in [2.05, 4.69) is 85.2 Å². The molecule has 2 aliphatic heterocycles. The van der Waals surface area contributed by atoms with E-state index in [1.807, 2.05) is 23.5 Å². The molecule has 4 heteroatoms. The molecule has 0 fully saturated rings. The third-order valence-electron chi connectivity index (χ3n) is 4.67. The fourth-order valence-electron chi connectivity index (χ4n) is 3.59. The standard InChI is InChI=1S/C20H22N2S2/c1-4-21-15-10-6-8-12-17(15)23-19(21)14-20(3)22(5-2)16-11-7-9-13-18(16)24-20/h6-14H,4-5H2,1-3H3. The van der Waals surface area contributed by atoms with Crippen molar-refractivity contribution >= 4 is 34.9 Å². The third-order valence-corrected chi connectivity index (χ3v) is 7.10. The van der Waals surface area contributed by atoms with E-state index in [0.717, 1.165) is 13.1 Å². The molecule has 0 N–H and O–H groups in total. The summed E-state index contributed by atoms with van der Waals surface area (Å²) in [5.41, 5.74) is 2.69. The second-order valence-corrected chi connectivity index (χ2v) is 8.70. The molecule has 4 rings (SSSR count). The number of benzene rings is 2. The number of para-hydroxylation sites is 2. The van der Waals surface area contributed by atoms with Gasteiger partial charge in [0.1, 0.15) is 4.87 Å². The molecule has 2 nitrogen and oxygen atoms in total. The molecule has 1 unspecified atom stereocenters. The Morgan fingerprint density at radius 2 is 1.58 bits per heavy atom. The summed E-state index contributed by atoms with van der Waals surface area (Å²) in [7, 11) is 0. The van der Waals surface area contributed by atoms with Gasteiger partial charge in [0.25, 0.3) is 0 Å². The van der Waals surface area contributed by atoms with Gasteiger partial charge in [-0.3, -0.25) is 0 Å². The normalized spacial score (nSPS) is 23.7. The van der Waals surface area contributed by atoms with Gasteiger partial charge in [0.05, 0.1) is 16.4 Å². The summed E-state index contributed by atoms with van der Waals surface area (Å²) in [5, 5.41) is 1.35. The van der Waals surface area contributed by atoms with Crippen LogP contribution < -0.4 is 9.80 Å². The lowest BCUT2D eigenvalue weighted by atomic mass is 10.2. The van der Waals surface area contributed by atoms with Crippen molar-refractivity contribution in [2.24, 2.45) is 0 Å². The molecule has 0 aromatic heterocycles. The zero-order chi connectivity index (χ0) is 16.7. The van der Waals surface area contributed by atoms with Gasteiger partial charge in [-0.25, -0.2) is 0 Å². The second kappa shape index (κ2) is 6.08. The number of anilines is 2. The van der Waals surface area contributed by atoms with Gasteiger partial charge in [-0.15, -0.1) is 0 Å². The highest BCUT2D eigenvalue weighted by Crippen LogP contribution is 2.53. The van der Waals surface area contributed by atoms with Crippen LogP contribution in [0.2, 0.25) is 0 Å². The number of rotatable bonds is 3. The van der Waals surface area contributed by atoms with E-state index in [4.69, 9.17) is 0 Å². The molecule has 24 heavy (non-hydrogen) atoms. The van der Waals surface area contributed by atoms with Crippen LogP contribution in [0.3, 0.4) is 0 Å². The zero-order valence-corrected chi connectivity index (χ0v) is 16.0. The molecule has 0 saturated heterocycles. The van der Waals surface area contributed by atoms with Crippen molar-refractivity contribution in [3.05, 3.63) is 59.6 Å². The van der Waals surface area contributed by atoms with E-state index < -0.39 is 0 Å². The maximum Gasteiger partial charge on any atom is 0.109 e. The Bertz CT molecular complexity index is 802. The molecule has 124 valence electrons. The van der Waals surface area contributed by atoms with Crippen LogP contribution in [0, 0.1) is 0 Å². The molecule has 2 aromatic carbocycles. The predicted molar refractivity (Wildman–Crippen MR) is 107 cm³/mol. The Morgan fingerprint density at radius 3 is 2.29 bits per heavy atom. The Hall–Kier alpha value is -1.52. The lowest BCUT2D eigenvalue weighted by molar-refractivity contribution is 0.715. The fourth-order valence-corrected chi connectivity index (χ4v) is 6.33. The van der Waals surface area contributed by atoms with Crippen molar-refractivity contribution < 1.29 is 0 Å². The SMILES string of the molecule is CCN1C(=CC2(C)Sc3ccccc3N2CC)Sc2ccccc21. The van der Waals surface area contributed by atoms with Crippen LogP contribution in [0.4, 0.5) is 11.4 Å². The van der Waals surface area contributed by atoms with Crippen molar-refractivity contribution in [1.82, 2.24) is 0 Å². The molecule has 2 aromatic rings. The first kappa shape index (κ1) is 16.0. The van der Waals surface area contributed by atoms with Gasteiger partial charge in [-0.1, -0.05) is 47.8 Å². The molecule has 2 heterocycles. The molecule has 0 aliphatic carbocycles. The molecular weight excluding hydrogens is 332 g/mol. The van der Waals surface area contributed by atoms with E-state index in [0.29, 0.717) is 0 Å². The van der Waals surface area contributed by atoms with E-state index >= 15 is 0 Å². The van der Waals surface area contributed by atoms with Gasteiger partial charge in [0.2, 0.25) is 0 Å². The Kier molecular flexibility index (Phi) is 4.05. The molecule has 0 spiro atoms. The van der Waals surface area contributed by atoms with Crippen LogP contribution in [0.25, 0.3) is 0 Å². The van der Waals surface area contributed by atoms with Crippen LogP contribution in [-0.2, 0) is 0 Å². The summed E-state index contributed by atoms with van der Waals surface area (Å²) in [5.74, 6) is 0. The fraction of sp³-hybridized carbons (Fsp3) is 0.300. The Morgan fingerprint density at radius 1 is 0.917 bits per heavy atom. The first-order valence-corrected chi connectivity index (χ1v) is 10.1. The molecular formula is C20H22N2S2. The van der Waals surface area contributed by atoms with E-state index in [-0.39, 0.29) is 4.87 Å². The Balaban J connectivity index is 1.73. The van der Waals surface area contributed by atoms with Gasteiger partial charge in [-0.05, 0) is 51.1 Å². The summed E-state index contributed by atoms with van der Waals surface area (Å²) >= 11 is 3.85. The van der Waals surface area contributed by atoms with E-state index in [1.54, 1.807) is 0 Å². The maximum atomic E-state index is 2.51. The van der Waals surface area contributed by atoms with Crippen molar-refractivity contribution in [2.45, 2.75) is 35.4 Å². The molecule has 1 atom stereocenters. The summed E-state index contributed by atoms with van der Waals surface area (Å²) in [6.07, 6.45) is 2.45. The number of likely N-dealkylation sites (N-methyl/N-ethyl adjacent to an activating group) is 1. The van der Waals surface area contributed by atoms with Crippen LogP contribution >= 0.6 is 23.5 Å². The summed E-state index contributed by atoms with van der Waals surface area (Å²) < 4.78 is 0. The van der Waals surface area contributed by atoms with Gasteiger partial charge in [0, 0.05) is 22.9 Å². The number of fused-ring (bicyclic) bond motifs is 2.